The number of nitrogens with zero attached hydrogens (tertiary/aromatic N) is 3. The summed E-state index contributed by atoms with van der Waals surface area (Å²) in [6, 6.07) is 12.3. The van der Waals surface area contributed by atoms with Crippen molar-refractivity contribution < 1.29 is 18.6 Å². The van der Waals surface area contributed by atoms with Gasteiger partial charge in [-0.1, -0.05) is 37.3 Å². The normalized spacial score (nSPS) is 33.2. The molecule has 10 heteroatoms. The minimum atomic E-state index is -1.25. The van der Waals surface area contributed by atoms with E-state index in [1.165, 1.54) is 17.1 Å². The van der Waals surface area contributed by atoms with Crippen molar-refractivity contribution in [2.75, 3.05) is 11.9 Å². The van der Waals surface area contributed by atoms with E-state index in [1.54, 1.807) is 12.3 Å². The lowest BCUT2D eigenvalue weighted by Gasteiger charge is -2.29. The fourth-order valence-electron chi connectivity index (χ4n) is 5.22. The number of carbonyl (C=O) groups is 1. The summed E-state index contributed by atoms with van der Waals surface area (Å²) in [5.41, 5.74) is 0.292. The van der Waals surface area contributed by atoms with Crippen LogP contribution < -0.4 is 11.0 Å². The Morgan fingerprint density at radius 1 is 1.32 bits per heavy atom. The Morgan fingerprint density at radius 2 is 2.12 bits per heavy atom. The zero-order valence-electron chi connectivity index (χ0n) is 19.7. The quantitative estimate of drug-likeness (QED) is 0.619. The molecule has 3 aliphatic rings. The van der Waals surface area contributed by atoms with E-state index in [9.17, 15) is 9.59 Å². The number of rotatable bonds is 6. The second-order valence-corrected chi connectivity index (χ2v) is 10.6. The third-order valence-electron chi connectivity index (χ3n) is 6.94. The lowest BCUT2D eigenvalue weighted by molar-refractivity contribution is -0.114. The lowest BCUT2D eigenvalue weighted by atomic mass is 9.87. The van der Waals surface area contributed by atoms with Crippen LogP contribution in [0.15, 0.2) is 47.4 Å². The summed E-state index contributed by atoms with van der Waals surface area (Å²) in [6.07, 6.45) is 4.29. The number of carbonyl (C=O) groups excluding carboxylic acids is 1. The van der Waals surface area contributed by atoms with Crippen molar-refractivity contribution in [1.82, 2.24) is 14.2 Å². The fourth-order valence-corrected chi connectivity index (χ4v) is 7.36. The van der Waals surface area contributed by atoms with E-state index in [4.69, 9.17) is 13.8 Å². The van der Waals surface area contributed by atoms with Crippen molar-refractivity contribution in [1.29, 1.82) is 0 Å². The Balaban J connectivity index is 1.33. The maximum atomic E-state index is 12.6. The van der Waals surface area contributed by atoms with Gasteiger partial charge in [-0.2, -0.15) is 4.98 Å². The number of anilines is 1. The van der Waals surface area contributed by atoms with E-state index in [2.05, 4.69) is 53.1 Å². The first kappa shape index (κ1) is 23.6. The van der Waals surface area contributed by atoms with Crippen LogP contribution in [0.2, 0.25) is 0 Å². The molecule has 3 fully saturated rings. The van der Waals surface area contributed by atoms with Crippen molar-refractivity contribution in [3.8, 4) is 0 Å². The first-order valence-corrected chi connectivity index (χ1v) is 13.0. The molecule has 3 saturated heterocycles. The molecule has 6 atom stereocenters. The number of aromatic nitrogens is 2. The Bertz CT molecular complexity index is 1100. The van der Waals surface area contributed by atoms with Gasteiger partial charge in [-0.25, -0.2) is 9.46 Å². The van der Waals surface area contributed by atoms with Gasteiger partial charge in [0.05, 0.1) is 18.2 Å². The number of benzene rings is 1. The first-order valence-electron chi connectivity index (χ1n) is 11.9. The highest BCUT2D eigenvalue weighted by atomic mass is 31.2. The molecule has 9 nitrogen and oxygen atoms in total. The predicted molar refractivity (Wildman–Crippen MR) is 128 cm³/mol. The highest BCUT2D eigenvalue weighted by Gasteiger charge is 2.56. The fraction of sp³-hybridized carbons (Fsp3) is 0.542. The maximum Gasteiger partial charge on any atom is 0.351 e. The molecule has 0 spiro atoms. The highest BCUT2D eigenvalue weighted by molar-refractivity contribution is 7.45. The molecule has 0 radical (unpaired) electrons. The topological polar surface area (TPSA) is 94.9 Å². The molecule has 0 aliphatic carbocycles. The molecule has 0 saturated carbocycles. The van der Waals surface area contributed by atoms with Crippen LogP contribution in [0, 0.1) is 0 Å². The van der Waals surface area contributed by atoms with Crippen molar-refractivity contribution in [2.24, 2.45) is 0 Å². The highest BCUT2D eigenvalue weighted by Crippen LogP contribution is 2.64. The van der Waals surface area contributed by atoms with Crippen molar-refractivity contribution in [3.63, 3.8) is 0 Å². The summed E-state index contributed by atoms with van der Waals surface area (Å²) < 4.78 is 23.4. The lowest BCUT2D eigenvalue weighted by Crippen LogP contribution is -2.36. The number of ether oxygens (including phenoxy) is 1. The van der Waals surface area contributed by atoms with E-state index >= 15 is 0 Å². The van der Waals surface area contributed by atoms with Crippen LogP contribution in [-0.4, -0.2) is 44.9 Å². The van der Waals surface area contributed by atoms with E-state index in [-0.39, 0.29) is 30.0 Å². The smallest absolute Gasteiger partial charge is 0.351 e. The van der Waals surface area contributed by atoms with Crippen molar-refractivity contribution in [3.05, 3.63) is 58.6 Å². The zero-order chi connectivity index (χ0) is 23.9. The van der Waals surface area contributed by atoms with Gasteiger partial charge in [-0.3, -0.25) is 9.36 Å². The summed E-state index contributed by atoms with van der Waals surface area (Å²) in [5.74, 6) is -0.0439. The summed E-state index contributed by atoms with van der Waals surface area (Å²) >= 11 is 0. The van der Waals surface area contributed by atoms with Crippen LogP contribution in [0.3, 0.4) is 0 Å². The largest absolute Gasteiger partial charge is 0.352 e. The van der Waals surface area contributed by atoms with E-state index in [1.807, 2.05) is 6.07 Å². The molecule has 34 heavy (non-hydrogen) atoms. The Morgan fingerprint density at radius 3 is 2.82 bits per heavy atom. The Kier molecular flexibility index (Phi) is 6.57. The van der Waals surface area contributed by atoms with Gasteiger partial charge in [0.2, 0.25) is 5.91 Å². The van der Waals surface area contributed by atoms with E-state index < -0.39 is 26.0 Å². The molecule has 182 valence electrons. The Hall–Kier alpha value is -2.16. The van der Waals surface area contributed by atoms with Crippen LogP contribution in [0.5, 0.6) is 0 Å². The molecule has 1 N–H and O–H groups in total. The number of nitrogens with one attached hydrogen (secondary N) is 1. The van der Waals surface area contributed by atoms with Gasteiger partial charge in [-0.05, 0) is 37.8 Å². The first-order chi connectivity index (χ1) is 16.4. The summed E-state index contributed by atoms with van der Waals surface area (Å²) in [4.78, 5) is 27.8. The number of hydrogen-bond acceptors (Lipinski definition) is 7. The van der Waals surface area contributed by atoms with Crippen LogP contribution in [0.1, 0.15) is 58.2 Å². The minimum Gasteiger partial charge on any atom is -0.352 e. The number of fused-ring (bicyclic) bond motifs is 1. The molecule has 1 aromatic carbocycles. The van der Waals surface area contributed by atoms with Crippen LogP contribution in [-0.2, 0) is 24.2 Å². The molecular formula is C24H31N4O5P. The van der Waals surface area contributed by atoms with Gasteiger partial charge in [0.1, 0.15) is 17.6 Å². The molecule has 5 rings (SSSR count). The average molecular weight is 487 g/mol. The molecule has 4 heterocycles. The summed E-state index contributed by atoms with van der Waals surface area (Å²) in [5, 5.41) is 2.53. The second-order valence-electron chi connectivity index (χ2n) is 9.22. The van der Waals surface area contributed by atoms with Gasteiger partial charge in [0.15, 0.2) is 0 Å². The number of hydrogen-bond donors (Lipinski definition) is 1. The van der Waals surface area contributed by atoms with Gasteiger partial charge < -0.3 is 19.1 Å². The Labute approximate surface area is 200 Å². The summed E-state index contributed by atoms with van der Waals surface area (Å²) in [6.45, 7) is 6.56. The van der Waals surface area contributed by atoms with Crippen LogP contribution >= 0.6 is 8.53 Å². The van der Waals surface area contributed by atoms with Crippen LogP contribution in [0.25, 0.3) is 0 Å². The monoisotopic (exact) mass is 486 g/mol. The van der Waals surface area contributed by atoms with Gasteiger partial charge in [0, 0.05) is 26.1 Å². The van der Waals surface area contributed by atoms with Gasteiger partial charge in [0.25, 0.3) is 8.53 Å². The second kappa shape index (κ2) is 9.47. The van der Waals surface area contributed by atoms with Crippen molar-refractivity contribution >= 4 is 20.3 Å². The third kappa shape index (κ3) is 4.32. The summed E-state index contributed by atoms with van der Waals surface area (Å²) in [7, 11) is -1.25. The third-order valence-corrected chi connectivity index (χ3v) is 8.82. The van der Waals surface area contributed by atoms with E-state index in [0.717, 1.165) is 25.8 Å². The molecule has 1 aromatic heterocycles. The van der Waals surface area contributed by atoms with E-state index in [0.29, 0.717) is 6.42 Å². The van der Waals surface area contributed by atoms with Crippen molar-refractivity contribution in [2.45, 2.75) is 76.5 Å². The molecule has 1 unspecified atom stereocenters. The average Bonchev–Trinajstić information content (AvgIpc) is 3.51. The standard InChI is InChI=1S/C24H31N4O5P/c1-4-18-19(15-22(31-18)27-14-12-21(25-16(2)29)26-23(27)30)32-34-28-13-8-11-20(28)24(3,33-34)17-9-6-5-7-10-17/h5-7,9-10,12,14,18-20,22H,4,8,11,13,15H2,1-3H3,(H,25,26,29,30)/t18-,19?,20+,22-,24-,34+/m1/s1. The predicted octanol–water partition coefficient (Wildman–Crippen LogP) is 3.92. The number of amides is 1. The van der Waals surface area contributed by atoms with Gasteiger partial charge in [-0.15, -0.1) is 0 Å². The maximum absolute atomic E-state index is 12.6. The van der Waals surface area contributed by atoms with Gasteiger partial charge >= 0.3 is 5.69 Å². The molecule has 2 aromatic rings. The SMILES string of the molecule is CC[C@H]1O[C@@H](n2ccc(NC(C)=O)nc2=O)CC1O[P@@]1O[C@](C)(c2ccccc2)[C@@H]2CCCN21. The molecule has 3 aliphatic heterocycles. The molecule has 1 amide bonds. The van der Waals surface area contributed by atoms with Crippen LogP contribution in [0.4, 0.5) is 5.82 Å². The minimum absolute atomic E-state index is 0.150. The molecule has 0 bridgehead atoms. The molecular weight excluding hydrogens is 455 g/mol. The zero-order valence-corrected chi connectivity index (χ0v) is 20.6.